The lowest BCUT2D eigenvalue weighted by Crippen LogP contribution is -2.35. The minimum atomic E-state index is -0.803. The molecule has 0 radical (unpaired) electrons. The molecule has 0 aliphatic carbocycles. The fourth-order valence-corrected chi connectivity index (χ4v) is 2.14. The van der Waals surface area contributed by atoms with Crippen LogP contribution >= 0.6 is 0 Å². The number of carboxylic acid groups (broad SMARTS) is 1. The number of rotatable bonds is 5. The first-order chi connectivity index (χ1) is 9.11. The van der Waals surface area contributed by atoms with Gasteiger partial charge >= 0.3 is 5.97 Å². The highest BCUT2D eigenvalue weighted by molar-refractivity contribution is 5.86. The quantitative estimate of drug-likeness (QED) is 0.857. The maximum absolute atomic E-state index is 11.3. The van der Waals surface area contributed by atoms with Crippen molar-refractivity contribution < 1.29 is 9.90 Å². The third kappa shape index (κ3) is 3.05. The molecule has 0 bridgehead atoms. The van der Waals surface area contributed by atoms with E-state index in [0.29, 0.717) is 0 Å². The Kier molecular flexibility index (Phi) is 4.05. The number of fused-ring (bicyclic) bond motifs is 1. The van der Waals surface area contributed by atoms with Crippen molar-refractivity contribution >= 4 is 22.4 Å². The highest BCUT2D eigenvalue weighted by Gasteiger charge is 2.23. The zero-order chi connectivity index (χ0) is 13.8. The summed E-state index contributed by atoms with van der Waals surface area (Å²) in [6.45, 7) is 3.95. The predicted molar refractivity (Wildman–Crippen MR) is 78.4 cm³/mol. The number of nitrogens with one attached hydrogen (secondary N) is 1. The molecule has 0 amide bonds. The fraction of sp³-hybridized carbons (Fsp3) is 0.312. The molecule has 0 aromatic heterocycles. The van der Waals surface area contributed by atoms with Crippen LogP contribution in [0.1, 0.15) is 20.3 Å². The summed E-state index contributed by atoms with van der Waals surface area (Å²) in [7, 11) is 0. The average Bonchev–Trinajstić information content (AvgIpc) is 2.43. The molecule has 0 unspecified atom stereocenters. The Hall–Kier alpha value is -2.03. The topological polar surface area (TPSA) is 49.3 Å². The number of hydrogen-bond donors (Lipinski definition) is 2. The first kappa shape index (κ1) is 13.4. The molecule has 0 spiro atoms. The van der Waals surface area contributed by atoms with E-state index in [2.05, 4.69) is 5.32 Å². The van der Waals surface area contributed by atoms with Crippen molar-refractivity contribution in [3.05, 3.63) is 42.5 Å². The van der Waals surface area contributed by atoms with Crippen molar-refractivity contribution in [3.8, 4) is 0 Å². The second kappa shape index (κ2) is 5.74. The van der Waals surface area contributed by atoms with Gasteiger partial charge in [-0.05, 0) is 28.8 Å². The van der Waals surface area contributed by atoms with Gasteiger partial charge in [0.1, 0.15) is 6.04 Å². The highest BCUT2D eigenvalue weighted by Crippen LogP contribution is 2.21. The number of benzene rings is 2. The van der Waals surface area contributed by atoms with Crippen LogP contribution in [0, 0.1) is 5.92 Å². The van der Waals surface area contributed by atoms with Crippen molar-refractivity contribution in [3.63, 3.8) is 0 Å². The molecular formula is C16H19NO2. The summed E-state index contributed by atoms with van der Waals surface area (Å²) in [6.07, 6.45) is 0.831. The van der Waals surface area contributed by atoms with E-state index < -0.39 is 12.0 Å². The van der Waals surface area contributed by atoms with Crippen molar-refractivity contribution in [2.24, 2.45) is 5.92 Å². The van der Waals surface area contributed by atoms with Gasteiger partial charge in [-0.15, -0.1) is 0 Å². The van der Waals surface area contributed by atoms with E-state index in [-0.39, 0.29) is 5.92 Å². The summed E-state index contributed by atoms with van der Waals surface area (Å²) in [5, 5.41) is 14.7. The average molecular weight is 257 g/mol. The molecule has 0 heterocycles. The molecule has 100 valence electrons. The van der Waals surface area contributed by atoms with E-state index >= 15 is 0 Å². The monoisotopic (exact) mass is 257 g/mol. The maximum atomic E-state index is 11.3. The predicted octanol–water partition coefficient (Wildman–Crippen LogP) is 3.75. The van der Waals surface area contributed by atoms with Crippen molar-refractivity contribution in [1.29, 1.82) is 0 Å². The molecule has 3 nitrogen and oxygen atoms in total. The molecule has 0 aliphatic heterocycles. The lowest BCUT2D eigenvalue weighted by molar-refractivity contribution is -0.139. The number of carbonyl (C=O) groups is 1. The molecule has 2 atom stereocenters. The summed E-state index contributed by atoms with van der Waals surface area (Å²) < 4.78 is 0. The summed E-state index contributed by atoms with van der Waals surface area (Å²) in [5.41, 5.74) is 0.853. The Labute approximate surface area is 113 Å². The van der Waals surface area contributed by atoms with Gasteiger partial charge in [-0.2, -0.15) is 0 Å². The van der Waals surface area contributed by atoms with Gasteiger partial charge in [0.2, 0.25) is 0 Å². The Morgan fingerprint density at radius 1 is 1.21 bits per heavy atom. The van der Waals surface area contributed by atoms with Gasteiger partial charge in [-0.25, -0.2) is 4.79 Å². The minimum absolute atomic E-state index is 0.0870. The largest absolute Gasteiger partial charge is 0.480 e. The van der Waals surface area contributed by atoms with Crippen LogP contribution < -0.4 is 5.32 Å². The van der Waals surface area contributed by atoms with Crippen LogP contribution in [0.3, 0.4) is 0 Å². The molecule has 2 aromatic rings. The van der Waals surface area contributed by atoms with E-state index in [4.69, 9.17) is 0 Å². The van der Waals surface area contributed by atoms with Gasteiger partial charge in [-0.1, -0.05) is 50.6 Å². The Bertz CT molecular complexity index is 580. The van der Waals surface area contributed by atoms with E-state index in [1.165, 1.54) is 0 Å². The Balaban J connectivity index is 2.26. The van der Waals surface area contributed by atoms with E-state index in [9.17, 15) is 9.90 Å². The van der Waals surface area contributed by atoms with Crippen molar-refractivity contribution in [2.75, 3.05) is 5.32 Å². The summed E-state index contributed by atoms with van der Waals surface area (Å²) in [4.78, 5) is 11.3. The van der Waals surface area contributed by atoms with Gasteiger partial charge in [-0.3, -0.25) is 0 Å². The smallest absolute Gasteiger partial charge is 0.326 e. The van der Waals surface area contributed by atoms with Crippen LogP contribution in [0.5, 0.6) is 0 Å². The molecule has 0 saturated carbocycles. The molecule has 2 aromatic carbocycles. The van der Waals surface area contributed by atoms with Crippen LogP contribution in [0.2, 0.25) is 0 Å². The van der Waals surface area contributed by atoms with Crippen LogP contribution in [-0.2, 0) is 4.79 Å². The Morgan fingerprint density at radius 3 is 2.53 bits per heavy atom. The molecule has 2 rings (SSSR count). The highest BCUT2D eigenvalue weighted by atomic mass is 16.4. The number of hydrogen-bond acceptors (Lipinski definition) is 2. The summed E-state index contributed by atoms with van der Waals surface area (Å²) in [6, 6.07) is 13.4. The van der Waals surface area contributed by atoms with Crippen molar-refractivity contribution in [2.45, 2.75) is 26.3 Å². The van der Waals surface area contributed by atoms with Crippen LogP contribution in [0.4, 0.5) is 5.69 Å². The molecule has 2 N–H and O–H groups in total. The number of aliphatic carboxylic acids is 1. The molecular weight excluding hydrogens is 238 g/mol. The molecule has 3 heteroatoms. The fourth-order valence-electron chi connectivity index (χ4n) is 2.14. The maximum Gasteiger partial charge on any atom is 0.326 e. The number of anilines is 1. The number of carboxylic acids is 1. The van der Waals surface area contributed by atoms with Gasteiger partial charge in [0.25, 0.3) is 0 Å². The molecule has 19 heavy (non-hydrogen) atoms. The first-order valence-electron chi connectivity index (χ1n) is 6.60. The summed E-state index contributed by atoms with van der Waals surface area (Å²) >= 11 is 0. The third-order valence-corrected chi connectivity index (χ3v) is 3.55. The van der Waals surface area contributed by atoms with Crippen LogP contribution in [-0.4, -0.2) is 17.1 Å². The van der Waals surface area contributed by atoms with E-state index in [0.717, 1.165) is 22.9 Å². The standard InChI is InChI=1S/C16H19NO2/c1-3-11(2)15(16(18)19)17-14-9-8-12-6-4-5-7-13(12)10-14/h4-11,15,17H,3H2,1-2H3,(H,18,19)/t11-,15-/m0/s1. The van der Waals surface area contributed by atoms with Crippen molar-refractivity contribution in [1.82, 2.24) is 0 Å². The Morgan fingerprint density at radius 2 is 1.89 bits per heavy atom. The van der Waals surface area contributed by atoms with E-state index in [1.54, 1.807) is 0 Å². The zero-order valence-electron chi connectivity index (χ0n) is 11.3. The lowest BCUT2D eigenvalue weighted by atomic mass is 9.99. The SMILES string of the molecule is CC[C@H](C)[C@H](Nc1ccc2ccccc2c1)C(=O)O. The van der Waals surface area contributed by atoms with Gasteiger partial charge in [0.05, 0.1) is 0 Å². The normalized spacial score (nSPS) is 14.0. The zero-order valence-corrected chi connectivity index (χ0v) is 11.3. The first-order valence-corrected chi connectivity index (χ1v) is 6.60. The van der Waals surface area contributed by atoms with Gasteiger partial charge in [0, 0.05) is 5.69 Å². The molecule has 0 aliphatic rings. The second-order valence-corrected chi connectivity index (χ2v) is 4.91. The van der Waals surface area contributed by atoms with Gasteiger partial charge < -0.3 is 10.4 Å². The van der Waals surface area contributed by atoms with Crippen LogP contribution in [0.25, 0.3) is 10.8 Å². The molecule has 0 fully saturated rings. The summed E-state index contributed by atoms with van der Waals surface area (Å²) in [5.74, 6) is -0.716. The second-order valence-electron chi connectivity index (χ2n) is 4.91. The third-order valence-electron chi connectivity index (χ3n) is 3.55. The molecule has 0 saturated heterocycles. The van der Waals surface area contributed by atoms with E-state index in [1.807, 2.05) is 56.3 Å². The van der Waals surface area contributed by atoms with Gasteiger partial charge in [0.15, 0.2) is 0 Å². The van der Waals surface area contributed by atoms with Crippen LogP contribution in [0.15, 0.2) is 42.5 Å². The minimum Gasteiger partial charge on any atom is -0.480 e. The lowest BCUT2D eigenvalue weighted by Gasteiger charge is -2.21.